The van der Waals surface area contributed by atoms with Crippen molar-refractivity contribution in [1.29, 1.82) is 0 Å². The van der Waals surface area contributed by atoms with E-state index < -0.39 is 11.9 Å². The number of carbonyl (C=O) groups excluding carboxylic acids is 3. The molecule has 69 heavy (non-hydrogen) atoms. The number of ether oxygens (including phenoxy) is 1. The highest BCUT2D eigenvalue weighted by atomic mass is 19.1. The fraction of sp³-hybridized carbons (Fsp3) is 0.509. The van der Waals surface area contributed by atoms with Gasteiger partial charge in [0.05, 0.1) is 12.0 Å². The van der Waals surface area contributed by atoms with Crippen molar-refractivity contribution in [2.45, 2.75) is 102 Å². The normalized spacial score (nSPS) is 24.6. The molecule has 3 N–H and O–H groups in total. The van der Waals surface area contributed by atoms with Gasteiger partial charge in [-0.25, -0.2) is 4.39 Å². The highest BCUT2D eigenvalue weighted by molar-refractivity contribution is 6.06. The quantitative estimate of drug-likeness (QED) is 0.137. The molecular weight excluding hydrogens is 876 g/mol. The molecule has 360 valence electrons. The number of phenols is 1. The first kappa shape index (κ1) is 44.3. The Morgan fingerprint density at radius 1 is 0.884 bits per heavy atom. The molecule has 2 aromatic heterocycles. The zero-order valence-electron chi connectivity index (χ0n) is 39.6. The van der Waals surface area contributed by atoms with Gasteiger partial charge in [-0.2, -0.15) is 9.97 Å². The van der Waals surface area contributed by atoms with E-state index in [1.165, 1.54) is 0 Å². The van der Waals surface area contributed by atoms with Crippen LogP contribution in [0.2, 0.25) is 0 Å². The number of hydrogen-bond donors (Lipinski definition) is 3. The average molecular weight is 937 g/mol. The molecule has 15 nitrogen and oxygen atoms in total. The lowest BCUT2D eigenvalue weighted by atomic mass is 9.86. The number of phenolic OH excluding ortho intramolecular Hbond substituents is 1. The molecule has 6 fully saturated rings. The molecule has 16 heteroatoms. The summed E-state index contributed by atoms with van der Waals surface area (Å²) in [6, 6.07) is 15.6. The standard InChI is InChI=1S/C53H61FN10O5/c1-3-32-5-4-6-33-24-38(65)25-40(44(32)33)46-45(54)47-41(26-55-46)48(62-28-35-7-8-36(29-62)56-35)59-51(58-47)69-31-53(13-14-53)30-60-17-15-52(2,16-18-60)63-21-19-61(20-22-63)37-9-10-39-34(23-37)27-64(50(39)68)42-11-12-43(66)57-49(42)67/h4-6,9-10,23-26,35-36,42,56,65H,3,7-8,11-22,27-31H2,1-2H3,(H,57,66,67). The Labute approximate surface area is 401 Å². The Kier molecular flexibility index (Phi) is 11.0. The third kappa shape index (κ3) is 8.11. The zero-order chi connectivity index (χ0) is 47.2. The number of likely N-dealkylation sites (tertiary alicyclic amines) is 1. The molecule has 7 aliphatic rings. The number of fused-ring (bicyclic) bond motifs is 5. The van der Waals surface area contributed by atoms with Gasteiger partial charge in [0, 0.05) is 105 Å². The number of hydrogen-bond acceptors (Lipinski definition) is 13. The van der Waals surface area contributed by atoms with Crippen LogP contribution in [0.3, 0.4) is 0 Å². The van der Waals surface area contributed by atoms with E-state index in [0.29, 0.717) is 54.0 Å². The molecule has 6 aliphatic heterocycles. The molecule has 0 spiro atoms. The molecule has 12 rings (SSSR count). The van der Waals surface area contributed by atoms with Gasteiger partial charge in [0.15, 0.2) is 5.82 Å². The Hall–Kier alpha value is -5.97. The van der Waals surface area contributed by atoms with Crippen LogP contribution < -0.4 is 25.2 Å². The van der Waals surface area contributed by atoms with Gasteiger partial charge in [-0.3, -0.25) is 29.6 Å². The van der Waals surface area contributed by atoms with Crippen LogP contribution in [0.25, 0.3) is 32.9 Å². The second kappa shape index (κ2) is 17.2. The monoisotopic (exact) mass is 936 g/mol. The Morgan fingerprint density at radius 2 is 1.67 bits per heavy atom. The summed E-state index contributed by atoms with van der Waals surface area (Å²) in [5.74, 6) is -0.645. The third-order valence-electron chi connectivity index (χ3n) is 16.7. The Balaban J connectivity index is 0.706. The molecule has 1 saturated carbocycles. The van der Waals surface area contributed by atoms with E-state index in [4.69, 9.17) is 19.7 Å². The maximum atomic E-state index is 17.2. The van der Waals surface area contributed by atoms with Gasteiger partial charge in [0.25, 0.3) is 5.91 Å². The first-order valence-corrected chi connectivity index (χ1v) is 25.2. The number of rotatable bonds is 11. The van der Waals surface area contributed by atoms with Crippen LogP contribution in [0.5, 0.6) is 11.8 Å². The summed E-state index contributed by atoms with van der Waals surface area (Å²) in [6.45, 7) is 13.5. The molecule has 3 amide bonds. The number of aromatic nitrogens is 3. The summed E-state index contributed by atoms with van der Waals surface area (Å²) < 4.78 is 23.8. The van der Waals surface area contributed by atoms with E-state index in [0.717, 1.165) is 131 Å². The molecule has 8 heterocycles. The Bertz CT molecular complexity index is 2880. The number of benzene rings is 3. The summed E-state index contributed by atoms with van der Waals surface area (Å²) in [6.07, 6.45) is 9.52. The van der Waals surface area contributed by atoms with Gasteiger partial charge >= 0.3 is 6.01 Å². The molecule has 1 aliphatic carbocycles. The van der Waals surface area contributed by atoms with Crippen molar-refractivity contribution in [1.82, 2.24) is 40.3 Å². The number of piperidine rings is 2. The summed E-state index contributed by atoms with van der Waals surface area (Å²) in [4.78, 5) is 63.7. The Morgan fingerprint density at radius 3 is 2.41 bits per heavy atom. The zero-order valence-corrected chi connectivity index (χ0v) is 39.6. The number of imide groups is 1. The van der Waals surface area contributed by atoms with Crippen molar-refractivity contribution in [3.8, 4) is 23.0 Å². The number of nitrogens with one attached hydrogen (secondary N) is 2. The number of aromatic hydroxyl groups is 1. The van der Waals surface area contributed by atoms with Crippen LogP contribution in [0.1, 0.15) is 86.7 Å². The van der Waals surface area contributed by atoms with Gasteiger partial charge in [0.1, 0.15) is 28.8 Å². The number of halogens is 1. The van der Waals surface area contributed by atoms with E-state index in [-0.39, 0.29) is 58.1 Å². The van der Waals surface area contributed by atoms with E-state index in [1.807, 2.05) is 30.3 Å². The molecule has 5 aromatic rings. The molecular formula is C53H61FN10O5. The number of aryl methyl sites for hydroxylation is 1. The number of pyridine rings is 1. The minimum atomic E-state index is -0.615. The number of nitrogens with zero attached hydrogens (tertiary/aromatic N) is 8. The number of anilines is 2. The van der Waals surface area contributed by atoms with Gasteiger partial charge in [0.2, 0.25) is 11.8 Å². The molecule has 3 unspecified atom stereocenters. The summed E-state index contributed by atoms with van der Waals surface area (Å²) in [7, 11) is 0. The number of carbonyl (C=O) groups is 3. The first-order chi connectivity index (χ1) is 33.4. The number of amides is 3. The molecule has 5 saturated heterocycles. The third-order valence-corrected chi connectivity index (χ3v) is 16.7. The van der Waals surface area contributed by atoms with Gasteiger partial charge in [-0.15, -0.1) is 0 Å². The molecule has 2 bridgehead atoms. The van der Waals surface area contributed by atoms with Crippen LogP contribution in [0.4, 0.5) is 15.9 Å². The van der Waals surface area contributed by atoms with E-state index >= 15 is 4.39 Å². The number of piperazine rings is 2. The van der Waals surface area contributed by atoms with Crippen LogP contribution in [-0.4, -0.2) is 142 Å². The lowest BCUT2D eigenvalue weighted by Crippen LogP contribution is -2.59. The largest absolute Gasteiger partial charge is 0.508 e. The minimum Gasteiger partial charge on any atom is -0.508 e. The van der Waals surface area contributed by atoms with Crippen molar-refractivity contribution in [2.24, 2.45) is 5.41 Å². The second-order valence-electron chi connectivity index (χ2n) is 21.2. The summed E-state index contributed by atoms with van der Waals surface area (Å²) in [5, 5.41) is 19.2. The van der Waals surface area contributed by atoms with Crippen LogP contribution in [0.15, 0.2) is 54.7 Å². The predicted octanol–water partition coefficient (Wildman–Crippen LogP) is 5.79. The van der Waals surface area contributed by atoms with Gasteiger partial charge in [-0.1, -0.05) is 25.1 Å². The molecule has 0 radical (unpaired) electrons. The van der Waals surface area contributed by atoms with Crippen LogP contribution >= 0.6 is 0 Å². The van der Waals surface area contributed by atoms with Crippen LogP contribution in [0, 0.1) is 11.2 Å². The summed E-state index contributed by atoms with van der Waals surface area (Å²) in [5.41, 5.74) is 4.69. The average Bonchev–Trinajstić information content (AvgIpc) is 3.93. The van der Waals surface area contributed by atoms with E-state index in [1.54, 1.807) is 23.2 Å². The van der Waals surface area contributed by atoms with E-state index in [2.05, 4.69) is 50.1 Å². The maximum Gasteiger partial charge on any atom is 0.319 e. The summed E-state index contributed by atoms with van der Waals surface area (Å²) >= 11 is 0. The SMILES string of the molecule is CCc1cccc2cc(O)cc(-c3ncc4c(N5CC6CCC(C5)N6)nc(OCC5(CN6CCC(C)(N7CCN(c8ccc9c(c8)CN(C8CCC(=O)NC8=O)C9=O)CC7)CC6)CC5)nc4c3F)c12. The van der Waals surface area contributed by atoms with Crippen molar-refractivity contribution in [3.05, 3.63) is 77.2 Å². The molecule has 3 atom stereocenters. The minimum absolute atomic E-state index is 0.00957. The van der Waals surface area contributed by atoms with Gasteiger partial charge < -0.3 is 34.8 Å². The molecule has 3 aromatic carbocycles. The highest BCUT2D eigenvalue weighted by Crippen LogP contribution is 2.48. The highest BCUT2D eigenvalue weighted by Gasteiger charge is 2.47. The maximum absolute atomic E-state index is 17.2. The van der Waals surface area contributed by atoms with Gasteiger partial charge in [-0.05, 0) is 124 Å². The van der Waals surface area contributed by atoms with E-state index in [9.17, 15) is 19.5 Å². The van der Waals surface area contributed by atoms with Crippen molar-refractivity contribution in [2.75, 3.05) is 75.3 Å². The predicted molar refractivity (Wildman–Crippen MR) is 261 cm³/mol. The smallest absolute Gasteiger partial charge is 0.319 e. The van der Waals surface area contributed by atoms with Crippen molar-refractivity contribution < 1.29 is 28.6 Å². The lowest BCUT2D eigenvalue weighted by molar-refractivity contribution is -0.136. The topological polar surface area (TPSA) is 160 Å². The fourth-order valence-electron chi connectivity index (χ4n) is 12.4. The second-order valence-corrected chi connectivity index (χ2v) is 21.2. The lowest BCUT2D eigenvalue weighted by Gasteiger charge is -2.50. The van der Waals surface area contributed by atoms with Crippen molar-refractivity contribution in [3.63, 3.8) is 0 Å². The fourth-order valence-corrected chi connectivity index (χ4v) is 12.4. The first-order valence-electron chi connectivity index (χ1n) is 25.2. The van der Waals surface area contributed by atoms with Crippen molar-refractivity contribution >= 4 is 50.9 Å². The van der Waals surface area contributed by atoms with Crippen LogP contribution in [-0.2, 0) is 22.6 Å².